The lowest BCUT2D eigenvalue weighted by atomic mass is 9.94. The van der Waals surface area contributed by atoms with Crippen LogP contribution in [0.4, 0.5) is 0 Å². The van der Waals surface area contributed by atoms with Gasteiger partial charge in [0.1, 0.15) is 0 Å². The fourth-order valence-corrected chi connectivity index (χ4v) is 3.52. The summed E-state index contributed by atoms with van der Waals surface area (Å²) in [7, 11) is 0. The summed E-state index contributed by atoms with van der Waals surface area (Å²) in [5.74, 6) is 0.616. The Kier molecular flexibility index (Phi) is 6.47. The van der Waals surface area contributed by atoms with Gasteiger partial charge in [0.05, 0.1) is 13.2 Å². The Hall–Kier alpha value is -1.16. The molecule has 0 spiro atoms. The van der Waals surface area contributed by atoms with Gasteiger partial charge < -0.3 is 4.74 Å². The van der Waals surface area contributed by atoms with Crippen LogP contribution in [0.25, 0.3) is 11.1 Å². The maximum absolute atomic E-state index is 5.41. The van der Waals surface area contributed by atoms with Crippen LogP contribution >= 0.6 is 15.9 Å². The molecule has 2 aromatic rings. The lowest BCUT2D eigenvalue weighted by Gasteiger charge is -2.26. The van der Waals surface area contributed by atoms with E-state index >= 15 is 0 Å². The van der Waals surface area contributed by atoms with Crippen LogP contribution in [0.5, 0.6) is 0 Å². The Morgan fingerprint density at radius 3 is 2.17 bits per heavy atom. The zero-order valence-corrected chi connectivity index (χ0v) is 16.0. The maximum atomic E-state index is 5.41. The molecule has 0 N–H and O–H groups in total. The highest BCUT2D eigenvalue weighted by molar-refractivity contribution is 9.10. The molecular formula is C21H26BrNO. The van der Waals surface area contributed by atoms with Crippen LogP contribution < -0.4 is 0 Å². The lowest BCUT2D eigenvalue weighted by Crippen LogP contribution is -2.36. The van der Waals surface area contributed by atoms with Crippen LogP contribution in [0.15, 0.2) is 53.0 Å². The summed E-state index contributed by atoms with van der Waals surface area (Å²) in [5.41, 5.74) is 3.99. The fourth-order valence-electron chi connectivity index (χ4n) is 3.26. The van der Waals surface area contributed by atoms with Crippen molar-refractivity contribution in [3.63, 3.8) is 0 Å². The van der Waals surface area contributed by atoms with Crippen molar-refractivity contribution in [2.75, 3.05) is 32.8 Å². The number of hydrogen-bond acceptors (Lipinski definition) is 2. The van der Waals surface area contributed by atoms with E-state index in [0.717, 1.165) is 30.8 Å². The highest BCUT2D eigenvalue weighted by atomic mass is 79.9. The Morgan fingerprint density at radius 1 is 0.958 bits per heavy atom. The molecule has 2 aromatic carbocycles. The zero-order valence-electron chi connectivity index (χ0n) is 14.4. The summed E-state index contributed by atoms with van der Waals surface area (Å²) in [6, 6.07) is 17.6. The number of rotatable bonds is 6. The summed E-state index contributed by atoms with van der Waals surface area (Å²) in [6.07, 6.45) is 2.50. The third-order valence-corrected chi connectivity index (χ3v) is 5.40. The SMILES string of the molecule is CC(CCCN1CCOCC1)c1ccc(-c2ccc(Br)cc2)cc1. The van der Waals surface area contributed by atoms with Gasteiger partial charge in [-0.3, -0.25) is 4.90 Å². The highest BCUT2D eigenvalue weighted by Gasteiger charge is 2.11. The van der Waals surface area contributed by atoms with E-state index in [0.29, 0.717) is 5.92 Å². The molecule has 0 aliphatic carbocycles. The summed E-state index contributed by atoms with van der Waals surface area (Å²) in [6.45, 7) is 7.52. The molecule has 1 unspecified atom stereocenters. The molecule has 3 rings (SSSR count). The van der Waals surface area contributed by atoms with Crippen molar-refractivity contribution in [3.05, 3.63) is 58.6 Å². The van der Waals surface area contributed by atoms with E-state index in [-0.39, 0.29) is 0 Å². The van der Waals surface area contributed by atoms with Gasteiger partial charge in [-0.25, -0.2) is 0 Å². The molecule has 2 nitrogen and oxygen atoms in total. The van der Waals surface area contributed by atoms with E-state index in [1.54, 1.807) is 0 Å². The van der Waals surface area contributed by atoms with Crippen molar-refractivity contribution in [1.29, 1.82) is 0 Å². The molecule has 0 bridgehead atoms. The number of halogens is 1. The molecule has 1 heterocycles. The van der Waals surface area contributed by atoms with Crippen LogP contribution in [0, 0.1) is 0 Å². The van der Waals surface area contributed by atoms with Gasteiger partial charge in [0.25, 0.3) is 0 Å². The normalized spacial score (nSPS) is 16.9. The minimum atomic E-state index is 0.616. The second-order valence-electron chi connectivity index (χ2n) is 6.63. The van der Waals surface area contributed by atoms with Gasteiger partial charge in [-0.2, -0.15) is 0 Å². The second kappa shape index (κ2) is 8.80. The summed E-state index contributed by atoms with van der Waals surface area (Å²) >= 11 is 3.49. The average molecular weight is 388 g/mol. The summed E-state index contributed by atoms with van der Waals surface area (Å²) in [4.78, 5) is 2.52. The minimum Gasteiger partial charge on any atom is -0.379 e. The van der Waals surface area contributed by atoms with Gasteiger partial charge in [-0.05, 0) is 54.1 Å². The number of hydrogen-bond donors (Lipinski definition) is 0. The molecule has 0 amide bonds. The molecular weight excluding hydrogens is 362 g/mol. The van der Waals surface area contributed by atoms with Crippen LogP contribution in [0.1, 0.15) is 31.2 Å². The largest absolute Gasteiger partial charge is 0.379 e. The van der Waals surface area contributed by atoms with Gasteiger partial charge in [0, 0.05) is 17.6 Å². The standard InChI is InChI=1S/C21H26BrNO/c1-17(3-2-12-23-13-15-24-16-14-23)18-4-6-19(7-5-18)20-8-10-21(22)11-9-20/h4-11,17H,2-3,12-16H2,1H3. The van der Waals surface area contributed by atoms with E-state index in [2.05, 4.69) is 76.3 Å². The number of morpholine rings is 1. The van der Waals surface area contributed by atoms with Crippen LogP contribution in [0.2, 0.25) is 0 Å². The Balaban J connectivity index is 1.51. The minimum absolute atomic E-state index is 0.616. The molecule has 1 aliphatic heterocycles. The molecule has 1 saturated heterocycles. The average Bonchev–Trinajstić information content (AvgIpc) is 2.63. The van der Waals surface area contributed by atoms with Crippen molar-refractivity contribution in [2.24, 2.45) is 0 Å². The first kappa shape index (κ1) is 17.7. The Morgan fingerprint density at radius 2 is 1.54 bits per heavy atom. The van der Waals surface area contributed by atoms with Gasteiger partial charge in [-0.1, -0.05) is 59.3 Å². The molecule has 1 atom stereocenters. The molecule has 3 heteroatoms. The van der Waals surface area contributed by atoms with Gasteiger partial charge in [0.2, 0.25) is 0 Å². The maximum Gasteiger partial charge on any atom is 0.0594 e. The third kappa shape index (κ3) is 4.92. The van der Waals surface area contributed by atoms with E-state index in [1.807, 2.05) is 0 Å². The smallest absolute Gasteiger partial charge is 0.0594 e. The molecule has 1 fully saturated rings. The number of ether oxygens (including phenoxy) is 1. The Bertz CT molecular complexity index is 617. The lowest BCUT2D eigenvalue weighted by molar-refractivity contribution is 0.0370. The summed E-state index contributed by atoms with van der Waals surface area (Å²) in [5, 5.41) is 0. The summed E-state index contributed by atoms with van der Waals surface area (Å²) < 4.78 is 6.53. The highest BCUT2D eigenvalue weighted by Crippen LogP contribution is 2.26. The van der Waals surface area contributed by atoms with E-state index in [9.17, 15) is 0 Å². The molecule has 128 valence electrons. The number of nitrogens with zero attached hydrogens (tertiary/aromatic N) is 1. The van der Waals surface area contributed by atoms with Gasteiger partial charge >= 0.3 is 0 Å². The Labute approximate surface area is 154 Å². The van der Waals surface area contributed by atoms with E-state index < -0.39 is 0 Å². The third-order valence-electron chi connectivity index (χ3n) is 4.87. The van der Waals surface area contributed by atoms with Gasteiger partial charge in [0.15, 0.2) is 0 Å². The van der Waals surface area contributed by atoms with Crippen molar-refractivity contribution < 1.29 is 4.74 Å². The van der Waals surface area contributed by atoms with Crippen LogP contribution in [-0.2, 0) is 4.74 Å². The number of benzene rings is 2. The van der Waals surface area contributed by atoms with Gasteiger partial charge in [-0.15, -0.1) is 0 Å². The first-order valence-electron chi connectivity index (χ1n) is 8.88. The molecule has 0 saturated carbocycles. The fraction of sp³-hybridized carbons (Fsp3) is 0.429. The quantitative estimate of drug-likeness (QED) is 0.663. The predicted octanol–water partition coefficient (Wildman–Crippen LogP) is 5.33. The van der Waals surface area contributed by atoms with E-state index in [1.165, 1.54) is 36.1 Å². The first-order valence-corrected chi connectivity index (χ1v) is 9.68. The molecule has 1 aliphatic rings. The molecule has 0 radical (unpaired) electrons. The van der Waals surface area contributed by atoms with Crippen LogP contribution in [0.3, 0.4) is 0 Å². The van der Waals surface area contributed by atoms with E-state index in [4.69, 9.17) is 4.74 Å². The van der Waals surface area contributed by atoms with Crippen molar-refractivity contribution in [2.45, 2.75) is 25.7 Å². The van der Waals surface area contributed by atoms with Crippen LogP contribution in [-0.4, -0.2) is 37.7 Å². The van der Waals surface area contributed by atoms with Crippen molar-refractivity contribution in [1.82, 2.24) is 4.90 Å². The molecule has 0 aromatic heterocycles. The topological polar surface area (TPSA) is 12.5 Å². The second-order valence-corrected chi connectivity index (χ2v) is 7.54. The predicted molar refractivity (Wildman–Crippen MR) is 104 cm³/mol. The van der Waals surface area contributed by atoms with Crippen molar-refractivity contribution in [3.8, 4) is 11.1 Å². The monoisotopic (exact) mass is 387 g/mol. The first-order chi connectivity index (χ1) is 11.7. The van der Waals surface area contributed by atoms with Crippen molar-refractivity contribution >= 4 is 15.9 Å². The molecule has 24 heavy (non-hydrogen) atoms. The zero-order chi connectivity index (χ0) is 16.8.